The van der Waals surface area contributed by atoms with Gasteiger partial charge in [-0.25, -0.2) is 5.43 Å². The number of hydrogen-bond acceptors (Lipinski definition) is 6. The maximum absolute atomic E-state index is 12.2. The zero-order valence-electron chi connectivity index (χ0n) is 19.4. The molecule has 0 spiro atoms. The van der Waals surface area contributed by atoms with Crippen LogP contribution in [0.1, 0.15) is 18.1 Å². The van der Waals surface area contributed by atoms with Crippen LogP contribution >= 0.6 is 11.6 Å². The highest BCUT2D eigenvalue weighted by atomic mass is 35.5. The van der Waals surface area contributed by atoms with Gasteiger partial charge in [-0.3, -0.25) is 9.59 Å². The first kappa shape index (κ1) is 25.6. The van der Waals surface area contributed by atoms with Crippen LogP contribution in [0, 0.1) is 6.92 Å². The van der Waals surface area contributed by atoms with Crippen LogP contribution in [0.2, 0.25) is 5.02 Å². The highest BCUT2D eigenvalue weighted by Gasteiger charge is 2.10. The molecule has 2 amide bonds. The monoisotopic (exact) mass is 495 g/mol. The minimum atomic E-state index is -0.425. The van der Waals surface area contributed by atoms with Gasteiger partial charge in [0.05, 0.1) is 12.8 Å². The minimum Gasteiger partial charge on any atom is -0.490 e. The second-order valence-corrected chi connectivity index (χ2v) is 7.82. The number of hydrogen-bond donors (Lipinski definition) is 2. The fourth-order valence-electron chi connectivity index (χ4n) is 2.89. The molecule has 0 fully saturated rings. The minimum absolute atomic E-state index is 0.177. The SMILES string of the molecule is CCOc1cc(/C=N/NC(=O)COc2cccc(Cl)c2)ccc1OCC(=O)Nc1ccc(C)cc1. The smallest absolute Gasteiger partial charge is 0.277 e. The van der Waals surface area contributed by atoms with Crippen LogP contribution in [0.5, 0.6) is 17.2 Å². The first-order valence-corrected chi connectivity index (χ1v) is 11.3. The highest BCUT2D eigenvalue weighted by molar-refractivity contribution is 6.30. The molecule has 9 heteroatoms. The number of anilines is 1. The van der Waals surface area contributed by atoms with Crippen LogP contribution in [0.3, 0.4) is 0 Å². The normalized spacial score (nSPS) is 10.6. The van der Waals surface area contributed by atoms with Crippen molar-refractivity contribution in [1.82, 2.24) is 5.43 Å². The van der Waals surface area contributed by atoms with Gasteiger partial charge in [-0.1, -0.05) is 35.4 Å². The molecular formula is C26H26ClN3O5. The van der Waals surface area contributed by atoms with E-state index in [-0.39, 0.29) is 19.1 Å². The summed E-state index contributed by atoms with van der Waals surface area (Å²) in [6.07, 6.45) is 1.47. The van der Waals surface area contributed by atoms with E-state index in [4.69, 9.17) is 25.8 Å². The van der Waals surface area contributed by atoms with Gasteiger partial charge in [0.1, 0.15) is 5.75 Å². The van der Waals surface area contributed by atoms with Crippen LogP contribution in [0.15, 0.2) is 71.8 Å². The van der Waals surface area contributed by atoms with Gasteiger partial charge in [0.15, 0.2) is 24.7 Å². The molecule has 8 nitrogen and oxygen atoms in total. The Morgan fingerprint density at radius 1 is 0.914 bits per heavy atom. The average molecular weight is 496 g/mol. The molecule has 0 saturated carbocycles. The second kappa shape index (κ2) is 13.0. The Balaban J connectivity index is 1.51. The van der Waals surface area contributed by atoms with Crippen molar-refractivity contribution in [2.45, 2.75) is 13.8 Å². The second-order valence-electron chi connectivity index (χ2n) is 7.38. The lowest BCUT2D eigenvalue weighted by Crippen LogP contribution is -2.24. The van der Waals surface area contributed by atoms with Gasteiger partial charge < -0.3 is 19.5 Å². The number of nitrogens with one attached hydrogen (secondary N) is 2. The Kier molecular flexibility index (Phi) is 9.50. The quantitative estimate of drug-likeness (QED) is 0.299. The predicted octanol–water partition coefficient (Wildman–Crippen LogP) is 4.59. The molecule has 182 valence electrons. The summed E-state index contributed by atoms with van der Waals surface area (Å²) in [4.78, 5) is 24.2. The predicted molar refractivity (Wildman–Crippen MR) is 136 cm³/mol. The standard InChI is InChI=1S/C26H26ClN3O5/c1-3-33-24-13-19(15-28-30-26(32)17-34-22-6-4-5-20(27)14-22)9-12-23(24)35-16-25(31)29-21-10-7-18(2)8-11-21/h4-15H,3,16-17H2,1-2H3,(H,29,31)(H,30,32)/b28-15+. The molecule has 0 saturated heterocycles. The maximum atomic E-state index is 12.2. The molecule has 0 radical (unpaired) electrons. The molecule has 3 aromatic carbocycles. The van der Waals surface area contributed by atoms with Crippen LogP contribution in [-0.2, 0) is 9.59 Å². The van der Waals surface area contributed by atoms with E-state index >= 15 is 0 Å². The highest BCUT2D eigenvalue weighted by Crippen LogP contribution is 2.28. The number of carbonyl (C=O) groups excluding carboxylic acids is 2. The van der Waals surface area contributed by atoms with E-state index in [9.17, 15) is 9.59 Å². The summed E-state index contributed by atoms with van der Waals surface area (Å²) in [5.41, 5.74) is 4.87. The van der Waals surface area contributed by atoms with Gasteiger partial charge in [0.2, 0.25) is 0 Å². The molecule has 0 unspecified atom stereocenters. The Morgan fingerprint density at radius 2 is 1.69 bits per heavy atom. The van der Waals surface area contributed by atoms with Crippen molar-refractivity contribution in [2.24, 2.45) is 5.10 Å². The molecule has 0 bridgehead atoms. The van der Waals surface area contributed by atoms with E-state index in [1.807, 2.05) is 38.1 Å². The topological polar surface area (TPSA) is 98.2 Å². The summed E-state index contributed by atoms with van der Waals surface area (Å²) in [7, 11) is 0. The van der Waals surface area contributed by atoms with Crippen LogP contribution in [0.25, 0.3) is 0 Å². The van der Waals surface area contributed by atoms with Gasteiger partial charge in [-0.05, 0) is 67.9 Å². The molecule has 0 heterocycles. The molecule has 0 atom stereocenters. The fourth-order valence-corrected chi connectivity index (χ4v) is 3.07. The summed E-state index contributed by atoms with van der Waals surface area (Å²) in [6.45, 7) is 3.84. The van der Waals surface area contributed by atoms with Crippen molar-refractivity contribution in [3.05, 3.63) is 82.9 Å². The molecule has 0 aliphatic heterocycles. The molecule has 3 rings (SSSR count). The molecule has 3 aromatic rings. The van der Waals surface area contributed by atoms with Crippen molar-refractivity contribution < 1.29 is 23.8 Å². The molecule has 0 aromatic heterocycles. The lowest BCUT2D eigenvalue weighted by molar-refractivity contribution is -0.123. The lowest BCUT2D eigenvalue weighted by atomic mass is 10.2. The van der Waals surface area contributed by atoms with E-state index in [2.05, 4.69) is 15.8 Å². The van der Waals surface area contributed by atoms with Gasteiger partial charge >= 0.3 is 0 Å². The summed E-state index contributed by atoms with van der Waals surface area (Å²) in [5, 5.41) is 7.24. The number of amides is 2. The third kappa shape index (κ3) is 8.68. The maximum Gasteiger partial charge on any atom is 0.277 e. The number of hydrazone groups is 1. The van der Waals surface area contributed by atoms with E-state index in [0.29, 0.717) is 40.1 Å². The largest absolute Gasteiger partial charge is 0.490 e. The van der Waals surface area contributed by atoms with Crippen molar-refractivity contribution in [3.8, 4) is 17.2 Å². The van der Waals surface area contributed by atoms with Gasteiger partial charge in [-0.15, -0.1) is 0 Å². The third-order valence-corrected chi connectivity index (χ3v) is 4.77. The van der Waals surface area contributed by atoms with E-state index in [0.717, 1.165) is 5.56 Å². The van der Waals surface area contributed by atoms with Gasteiger partial charge in [-0.2, -0.15) is 5.10 Å². The van der Waals surface area contributed by atoms with E-state index in [1.165, 1.54) is 6.21 Å². The van der Waals surface area contributed by atoms with Crippen LogP contribution in [0.4, 0.5) is 5.69 Å². The molecule has 35 heavy (non-hydrogen) atoms. The summed E-state index contributed by atoms with van der Waals surface area (Å²) < 4.78 is 16.6. The average Bonchev–Trinajstić information content (AvgIpc) is 2.84. The Morgan fingerprint density at radius 3 is 2.43 bits per heavy atom. The lowest BCUT2D eigenvalue weighted by Gasteiger charge is -2.12. The van der Waals surface area contributed by atoms with Crippen molar-refractivity contribution in [1.29, 1.82) is 0 Å². The first-order chi connectivity index (χ1) is 16.9. The molecule has 0 aliphatic rings. The van der Waals surface area contributed by atoms with Crippen molar-refractivity contribution in [2.75, 3.05) is 25.1 Å². The van der Waals surface area contributed by atoms with E-state index in [1.54, 1.807) is 42.5 Å². The Bertz CT molecular complexity index is 1180. The molecule has 0 aliphatic carbocycles. The number of aryl methyl sites for hydroxylation is 1. The number of halogens is 1. The number of ether oxygens (including phenoxy) is 3. The fraction of sp³-hybridized carbons (Fsp3) is 0.192. The first-order valence-electron chi connectivity index (χ1n) is 10.9. The molecular weight excluding hydrogens is 470 g/mol. The zero-order chi connectivity index (χ0) is 25.0. The third-order valence-electron chi connectivity index (χ3n) is 4.53. The van der Waals surface area contributed by atoms with Gasteiger partial charge in [0.25, 0.3) is 11.8 Å². The Labute approximate surface area is 208 Å². The number of carbonyl (C=O) groups is 2. The number of benzene rings is 3. The summed E-state index contributed by atoms with van der Waals surface area (Å²) in [5.74, 6) is 0.647. The summed E-state index contributed by atoms with van der Waals surface area (Å²) >= 11 is 5.89. The van der Waals surface area contributed by atoms with Crippen LogP contribution in [-0.4, -0.2) is 37.8 Å². The van der Waals surface area contributed by atoms with E-state index < -0.39 is 5.91 Å². The van der Waals surface area contributed by atoms with Gasteiger partial charge in [0, 0.05) is 10.7 Å². The molecule has 2 N–H and O–H groups in total. The zero-order valence-corrected chi connectivity index (χ0v) is 20.2. The van der Waals surface area contributed by atoms with Crippen molar-refractivity contribution in [3.63, 3.8) is 0 Å². The van der Waals surface area contributed by atoms with Crippen molar-refractivity contribution >= 4 is 35.3 Å². The summed E-state index contributed by atoms with van der Waals surface area (Å²) in [6, 6.07) is 19.4. The van der Waals surface area contributed by atoms with Crippen LogP contribution < -0.4 is 25.0 Å². The Hall–Kier alpha value is -4.04. The number of rotatable bonds is 11. The number of nitrogens with zero attached hydrogens (tertiary/aromatic N) is 1.